The topological polar surface area (TPSA) is 97.4 Å². The lowest BCUT2D eigenvalue weighted by Crippen LogP contribution is -2.28. The number of halogens is 3. The van der Waals surface area contributed by atoms with Crippen LogP contribution in [-0.2, 0) is 26.7 Å². The van der Waals surface area contributed by atoms with Gasteiger partial charge in [0, 0.05) is 17.5 Å². The third-order valence-corrected chi connectivity index (χ3v) is 6.18. The molecular formula is C20H21F3O8S2. The number of rotatable bonds is 10. The van der Waals surface area contributed by atoms with E-state index in [2.05, 4.69) is 4.18 Å². The predicted octanol–water partition coefficient (Wildman–Crippen LogP) is 3.87. The molecule has 0 bridgehead atoms. The first-order valence-electron chi connectivity index (χ1n) is 8.98. The predicted molar refractivity (Wildman–Crippen MR) is 116 cm³/mol. The zero-order chi connectivity index (χ0) is 24.8. The van der Waals surface area contributed by atoms with Crippen molar-refractivity contribution >= 4 is 27.0 Å². The van der Waals surface area contributed by atoms with Crippen molar-refractivity contribution < 1.29 is 48.9 Å². The molecule has 0 aliphatic heterocycles. The van der Waals surface area contributed by atoms with Crippen LogP contribution >= 0.6 is 0 Å². The summed E-state index contributed by atoms with van der Waals surface area (Å²) in [5, 5.41) is 1.34. The summed E-state index contributed by atoms with van der Waals surface area (Å²) in [5.74, 6) is 0.229. The van der Waals surface area contributed by atoms with Crippen molar-refractivity contribution in [3.63, 3.8) is 0 Å². The molecule has 2 aromatic carbocycles. The molecule has 8 nitrogen and oxygen atoms in total. The standard InChI is InChI=1S/C20H21F3O8S2/c1-27-14-10-17(29-3)15(18(11-14)30-4)7-8-32(24)12-13-5-6-16(28-2)19(9-13)31-33(25,26)20(21,22)23/h5-11H,12H2,1-4H3. The van der Waals surface area contributed by atoms with E-state index in [-0.39, 0.29) is 17.1 Å². The molecular weight excluding hydrogens is 489 g/mol. The third-order valence-electron chi connectivity index (χ3n) is 4.16. The van der Waals surface area contributed by atoms with Crippen LogP contribution < -0.4 is 23.1 Å². The highest BCUT2D eigenvalue weighted by atomic mass is 32.2. The van der Waals surface area contributed by atoms with Crippen molar-refractivity contribution in [1.29, 1.82) is 0 Å². The average Bonchev–Trinajstić information content (AvgIpc) is 2.76. The molecule has 0 saturated heterocycles. The van der Waals surface area contributed by atoms with Crippen LogP contribution in [0.25, 0.3) is 6.08 Å². The lowest BCUT2D eigenvalue weighted by molar-refractivity contribution is -0.0500. The average molecular weight is 511 g/mol. The highest BCUT2D eigenvalue weighted by Gasteiger charge is 2.49. The second-order valence-corrected chi connectivity index (χ2v) is 9.10. The fraction of sp³-hybridized carbons (Fsp3) is 0.300. The molecule has 1 unspecified atom stereocenters. The van der Waals surface area contributed by atoms with Gasteiger partial charge in [0.2, 0.25) is 0 Å². The maximum atomic E-state index is 12.7. The van der Waals surface area contributed by atoms with Crippen LogP contribution in [0.1, 0.15) is 11.1 Å². The highest BCUT2D eigenvalue weighted by Crippen LogP contribution is 2.36. The molecule has 0 aliphatic carbocycles. The third kappa shape index (κ3) is 6.54. The summed E-state index contributed by atoms with van der Waals surface area (Å²) in [4.78, 5) is 0. The number of alkyl halides is 3. The monoisotopic (exact) mass is 510 g/mol. The first-order valence-corrected chi connectivity index (χ1v) is 11.8. The van der Waals surface area contributed by atoms with Crippen LogP contribution in [0.2, 0.25) is 0 Å². The summed E-state index contributed by atoms with van der Waals surface area (Å²) in [7, 11) is -2.05. The van der Waals surface area contributed by atoms with E-state index in [1.807, 2.05) is 0 Å². The number of ether oxygens (including phenoxy) is 4. The van der Waals surface area contributed by atoms with Crippen molar-refractivity contribution in [1.82, 2.24) is 0 Å². The molecule has 0 heterocycles. The minimum Gasteiger partial charge on any atom is -0.496 e. The Hall–Kier alpha value is -2.93. The Labute approximate surface area is 191 Å². The minimum absolute atomic E-state index is 0.149. The van der Waals surface area contributed by atoms with Gasteiger partial charge >= 0.3 is 15.6 Å². The van der Waals surface area contributed by atoms with E-state index in [0.29, 0.717) is 22.8 Å². The van der Waals surface area contributed by atoms with E-state index in [4.69, 9.17) is 18.9 Å². The Bertz CT molecular complexity index is 1120. The van der Waals surface area contributed by atoms with E-state index >= 15 is 0 Å². The van der Waals surface area contributed by atoms with Crippen LogP contribution in [0.3, 0.4) is 0 Å². The summed E-state index contributed by atoms with van der Waals surface area (Å²) in [6.45, 7) is 0. The fourth-order valence-electron chi connectivity index (χ4n) is 2.59. The van der Waals surface area contributed by atoms with Crippen LogP contribution in [0.5, 0.6) is 28.7 Å². The van der Waals surface area contributed by atoms with Gasteiger partial charge in [0.25, 0.3) is 0 Å². The van der Waals surface area contributed by atoms with Crippen LogP contribution in [0, 0.1) is 0 Å². The summed E-state index contributed by atoms with van der Waals surface area (Å²) >= 11 is 0. The van der Waals surface area contributed by atoms with Gasteiger partial charge in [-0.2, -0.15) is 21.6 Å². The lowest BCUT2D eigenvalue weighted by atomic mass is 10.1. The van der Waals surface area contributed by atoms with Gasteiger partial charge in [0.05, 0.1) is 50.6 Å². The number of methoxy groups -OCH3 is 4. The molecule has 33 heavy (non-hydrogen) atoms. The van der Waals surface area contributed by atoms with E-state index < -0.39 is 32.2 Å². The van der Waals surface area contributed by atoms with Crippen molar-refractivity contribution in [2.75, 3.05) is 28.4 Å². The van der Waals surface area contributed by atoms with Gasteiger partial charge in [-0.1, -0.05) is 6.07 Å². The van der Waals surface area contributed by atoms with Gasteiger partial charge < -0.3 is 23.1 Å². The Kier molecular flexibility index (Phi) is 8.61. The first-order chi connectivity index (χ1) is 15.4. The first kappa shape index (κ1) is 26.3. The maximum Gasteiger partial charge on any atom is 0.534 e. The number of benzene rings is 2. The molecule has 2 aromatic rings. The molecule has 1 atom stereocenters. The molecule has 182 valence electrons. The molecule has 0 amide bonds. The van der Waals surface area contributed by atoms with Crippen LogP contribution in [0.4, 0.5) is 13.2 Å². The van der Waals surface area contributed by atoms with Gasteiger partial charge in [-0.05, 0) is 23.8 Å². The number of hydrogen-bond acceptors (Lipinski definition) is 8. The Morgan fingerprint density at radius 2 is 1.45 bits per heavy atom. The normalized spacial score (nSPS) is 12.9. The number of hydrogen-bond donors (Lipinski definition) is 0. The molecule has 0 N–H and O–H groups in total. The lowest BCUT2D eigenvalue weighted by Gasteiger charge is -2.13. The van der Waals surface area contributed by atoms with Gasteiger partial charge in [-0.15, -0.1) is 0 Å². The smallest absolute Gasteiger partial charge is 0.496 e. The van der Waals surface area contributed by atoms with Crippen molar-refractivity contribution in [3.05, 3.63) is 46.9 Å². The van der Waals surface area contributed by atoms with Gasteiger partial charge in [-0.3, -0.25) is 4.21 Å². The zero-order valence-corrected chi connectivity index (χ0v) is 19.6. The van der Waals surface area contributed by atoms with E-state index in [1.54, 1.807) is 12.1 Å². The molecule has 0 saturated carbocycles. The molecule has 0 aromatic heterocycles. The van der Waals surface area contributed by atoms with E-state index in [0.717, 1.165) is 13.2 Å². The quantitative estimate of drug-likeness (QED) is 0.351. The molecule has 0 radical (unpaired) electrons. The highest BCUT2D eigenvalue weighted by molar-refractivity contribution is 7.88. The van der Waals surface area contributed by atoms with Gasteiger partial charge in [0.15, 0.2) is 11.5 Å². The Balaban J connectivity index is 2.29. The zero-order valence-electron chi connectivity index (χ0n) is 18.0. The summed E-state index contributed by atoms with van der Waals surface area (Å²) in [6, 6.07) is 6.88. The van der Waals surface area contributed by atoms with Gasteiger partial charge in [0.1, 0.15) is 17.2 Å². The molecule has 13 heteroatoms. The van der Waals surface area contributed by atoms with E-state index in [9.17, 15) is 25.8 Å². The minimum atomic E-state index is -5.90. The molecule has 0 spiro atoms. The Morgan fingerprint density at radius 1 is 0.879 bits per heavy atom. The second kappa shape index (κ2) is 10.8. The van der Waals surface area contributed by atoms with Crippen molar-refractivity contribution in [3.8, 4) is 28.7 Å². The Morgan fingerprint density at radius 3 is 1.94 bits per heavy atom. The van der Waals surface area contributed by atoms with Crippen molar-refractivity contribution in [2.24, 2.45) is 0 Å². The fourth-order valence-corrected chi connectivity index (χ4v) is 3.95. The summed E-state index contributed by atoms with van der Waals surface area (Å²) in [6.07, 6.45) is 1.50. The molecule has 2 rings (SSSR count). The molecule has 0 aliphatic rings. The van der Waals surface area contributed by atoms with Crippen LogP contribution in [-0.4, -0.2) is 46.6 Å². The van der Waals surface area contributed by atoms with Gasteiger partial charge in [-0.25, -0.2) is 0 Å². The largest absolute Gasteiger partial charge is 0.534 e. The second-order valence-electron chi connectivity index (χ2n) is 6.24. The summed E-state index contributed by atoms with van der Waals surface area (Å²) in [5.41, 5.74) is -4.88. The molecule has 0 fully saturated rings. The van der Waals surface area contributed by atoms with Crippen molar-refractivity contribution in [2.45, 2.75) is 11.3 Å². The van der Waals surface area contributed by atoms with Crippen LogP contribution in [0.15, 0.2) is 35.7 Å². The SMILES string of the molecule is COc1cc(OC)c(C=CS(=O)Cc2ccc(OC)c(OS(=O)(=O)C(F)(F)F)c2)c(OC)c1. The summed E-state index contributed by atoms with van der Waals surface area (Å²) < 4.78 is 98.0. The maximum absolute atomic E-state index is 12.7. The van der Waals surface area contributed by atoms with E-state index in [1.165, 1.54) is 44.9 Å².